The third-order valence-electron chi connectivity index (χ3n) is 4.53. The highest BCUT2D eigenvalue weighted by atomic mass is 35.5. The summed E-state index contributed by atoms with van der Waals surface area (Å²) in [6, 6.07) is 5.23. The molecule has 166 valence electrons. The van der Waals surface area contributed by atoms with E-state index in [1.807, 2.05) is 0 Å². The highest BCUT2D eigenvalue weighted by molar-refractivity contribution is 6.32. The van der Waals surface area contributed by atoms with Crippen LogP contribution in [0.15, 0.2) is 39.7 Å². The second-order valence-electron chi connectivity index (χ2n) is 6.95. The molecule has 12 heteroatoms. The number of benzene rings is 1. The Kier molecular flexibility index (Phi) is 6.91. The number of aliphatic hydroxyl groups excluding tert-OH is 2. The molecule has 2 aromatic heterocycles. The molecular formula is C19H21ClN4O7. The maximum atomic E-state index is 12.4. The second kappa shape index (κ2) is 9.43. The van der Waals surface area contributed by atoms with Gasteiger partial charge in [0, 0.05) is 12.3 Å². The zero-order chi connectivity index (χ0) is 22.6. The molecule has 1 aromatic carbocycles. The first kappa shape index (κ1) is 22.7. The lowest BCUT2D eigenvalue weighted by atomic mass is 10.1. The Bertz CT molecular complexity index is 1110. The van der Waals surface area contributed by atoms with Crippen LogP contribution in [-0.4, -0.2) is 56.3 Å². The summed E-state index contributed by atoms with van der Waals surface area (Å²) in [6.07, 6.45) is 1.53. The predicted octanol–water partition coefficient (Wildman–Crippen LogP) is 0.403. The fourth-order valence-electron chi connectivity index (χ4n) is 2.66. The minimum atomic E-state index is -1.49. The molecule has 0 aliphatic carbocycles. The minimum Gasteiger partial charge on any atom is -0.486 e. The van der Waals surface area contributed by atoms with Gasteiger partial charge >= 0.3 is 11.7 Å². The molecule has 1 unspecified atom stereocenters. The van der Waals surface area contributed by atoms with Crippen LogP contribution < -0.4 is 16.2 Å². The van der Waals surface area contributed by atoms with Crippen LogP contribution >= 0.6 is 11.6 Å². The molecule has 0 saturated carbocycles. The van der Waals surface area contributed by atoms with E-state index in [0.717, 1.165) is 4.57 Å². The van der Waals surface area contributed by atoms with E-state index in [1.165, 1.54) is 25.3 Å². The summed E-state index contributed by atoms with van der Waals surface area (Å²) >= 11 is 6.29. The number of oxazole rings is 1. The van der Waals surface area contributed by atoms with Gasteiger partial charge in [0.25, 0.3) is 0 Å². The van der Waals surface area contributed by atoms with Gasteiger partial charge in [0.15, 0.2) is 5.58 Å². The van der Waals surface area contributed by atoms with Crippen molar-refractivity contribution in [2.75, 3.05) is 19.8 Å². The van der Waals surface area contributed by atoms with Gasteiger partial charge in [-0.25, -0.2) is 9.59 Å². The molecule has 0 saturated heterocycles. The standard InChI is InChI=1S/C19H21ClN4O7/c1-11(17(27)30-10-19(21,8-25)9-26)24-14-5-13(20)15(6-16(14)31-18(24)28)29-7-12-3-2-4-22-23-12/h2-6,11,25-26H,7-10,21H2,1H3. The predicted molar refractivity (Wildman–Crippen MR) is 109 cm³/mol. The smallest absolute Gasteiger partial charge is 0.420 e. The maximum absolute atomic E-state index is 12.4. The van der Waals surface area contributed by atoms with Gasteiger partial charge in [-0.15, -0.1) is 0 Å². The number of ether oxygens (including phenoxy) is 2. The lowest BCUT2D eigenvalue weighted by Gasteiger charge is -2.24. The largest absolute Gasteiger partial charge is 0.486 e. The van der Waals surface area contributed by atoms with Gasteiger partial charge in [-0.3, -0.25) is 4.57 Å². The van der Waals surface area contributed by atoms with Crippen molar-refractivity contribution >= 4 is 28.7 Å². The molecule has 0 amide bonds. The van der Waals surface area contributed by atoms with Gasteiger partial charge in [-0.2, -0.15) is 10.2 Å². The molecule has 3 aromatic rings. The molecule has 2 heterocycles. The molecule has 0 bridgehead atoms. The fourth-order valence-corrected chi connectivity index (χ4v) is 2.87. The minimum absolute atomic E-state index is 0.100. The quantitative estimate of drug-likeness (QED) is 0.387. The van der Waals surface area contributed by atoms with Gasteiger partial charge in [0.2, 0.25) is 0 Å². The number of nitrogens with two attached hydrogens (primary N) is 1. The number of hydrogen-bond donors (Lipinski definition) is 3. The number of carbonyl (C=O) groups excluding carboxylic acids is 1. The highest BCUT2D eigenvalue weighted by Gasteiger charge is 2.29. The zero-order valence-corrected chi connectivity index (χ0v) is 17.3. The molecule has 0 radical (unpaired) electrons. The zero-order valence-electron chi connectivity index (χ0n) is 16.5. The van der Waals surface area contributed by atoms with Crippen LogP contribution in [-0.2, 0) is 16.1 Å². The van der Waals surface area contributed by atoms with Crippen LogP contribution in [0.25, 0.3) is 11.1 Å². The van der Waals surface area contributed by atoms with Crippen LogP contribution in [0.2, 0.25) is 5.02 Å². The number of esters is 1. The first-order valence-electron chi connectivity index (χ1n) is 9.19. The van der Waals surface area contributed by atoms with Crippen LogP contribution in [0.3, 0.4) is 0 Å². The number of fused-ring (bicyclic) bond motifs is 1. The van der Waals surface area contributed by atoms with Crippen LogP contribution in [0, 0.1) is 0 Å². The van der Waals surface area contributed by atoms with Crippen molar-refractivity contribution in [3.05, 3.63) is 51.7 Å². The molecule has 0 aliphatic rings. The van der Waals surface area contributed by atoms with E-state index in [0.29, 0.717) is 5.69 Å². The summed E-state index contributed by atoms with van der Waals surface area (Å²) in [4.78, 5) is 24.8. The van der Waals surface area contributed by atoms with E-state index in [1.54, 1.807) is 12.1 Å². The van der Waals surface area contributed by atoms with Crippen molar-refractivity contribution in [1.82, 2.24) is 14.8 Å². The Morgan fingerprint density at radius 3 is 2.77 bits per heavy atom. The Balaban J connectivity index is 1.81. The summed E-state index contributed by atoms with van der Waals surface area (Å²) in [5, 5.41) is 26.2. The highest BCUT2D eigenvalue weighted by Crippen LogP contribution is 2.31. The summed E-state index contributed by atoms with van der Waals surface area (Å²) in [6.45, 7) is -0.0846. The van der Waals surface area contributed by atoms with Gasteiger partial charge in [-0.05, 0) is 25.1 Å². The van der Waals surface area contributed by atoms with E-state index < -0.39 is 43.1 Å². The SMILES string of the molecule is CC(C(=O)OCC(N)(CO)CO)n1c(=O)oc2cc(OCc3cccnn3)c(Cl)cc21. The molecule has 3 rings (SSSR count). The Labute approximate surface area is 181 Å². The third kappa shape index (κ3) is 5.02. The Hall–Kier alpha value is -2.99. The van der Waals surface area contributed by atoms with E-state index in [-0.39, 0.29) is 28.5 Å². The van der Waals surface area contributed by atoms with Gasteiger partial charge in [0.1, 0.15) is 30.7 Å². The van der Waals surface area contributed by atoms with Crippen molar-refractivity contribution < 1.29 is 28.9 Å². The molecule has 1 atom stereocenters. The van der Waals surface area contributed by atoms with Crippen molar-refractivity contribution in [3.63, 3.8) is 0 Å². The average Bonchev–Trinajstić information content (AvgIpc) is 3.10. The topological polar surface area (TPSA) is 163 Å². The van der Waals surface area contributed by atoms with E-state index in [9.17, 15) is 19.8 Å². The van der Waals surface area contributed by atoms with E-state index in [2.05, 4.69) is 10.2 Å². The van der Waals surface area contributed by atoms with Crippen molar-refractivity contribution in [2.24, 2.45) is 5.73 Å². The molecule has 11 nitrogen and oxygen atoms in total. The van der Waals surface area contributed by atoms with E-state index in [4.69, 9.17) is 31.2 Å². The molecular weight excluding hydrogens is 432 g/mol. The Morgan fingerprint density at radius 1 is 1.39 bits per heavy atom. The second-order valence-corrected chi connectivity index (χ2v) is 7.36. The number of hydrogen-bond acceptors (Lipinski definition) is 10. The average molecular weight is 453 g/mol. The number of carbonyl (C=O) groups is 1. The van der Waals surface area contributed by atoms with Crippen molar-refractivity contribution in [1.29, 1.82) is 0 Å². The molecule has 0 fully saturated rings. The molecule has 4 N–H and O–H groups in total. The maximum Gasteiger partial charge on any atom is 0.420 e. The summed E-state index contributed by atoms with van der Waals surface area (Å²) in [7, 11) is 0. The summed E-state index contributed by atoms with van der Waals surface area (Å²) in [5.41, 5.74) is 5.19. The van der Waals surface area contributed by atoms with Crippen LogP contribution in [0.5, 0.6) is 5.75 Å². The van der Waals surface area contributed by atoms with Crippen molar-refractivity contribution in [3.8, 4) is 5.75 Å². The fraction of sp³-hybridized carbons (Fsp3) is 0.368. The number of halogens is 1. The van der Waals surface area contributed by atoms with Crippen LogP contribution in [0.4, 0.5) is 0 Å². The number of nitrogens with zero attached hydrogens (tertiary/aromatic N) is 3. The molecule has 31 heavy (non-hydrogen) atoms. The van der Waals surface area contributed by atoms with Crippen molar-refractivity contribution in [2.45, 2.75) is 25.1 Å². The van der Waals surface area contributed by atoms with Gasteiger partial charge in [0.05, 0.1) is 29.3 Å². The number of rotatable bonds is 9. The number of aliphatic hydroxyl groups is 2. The summed E-state index contributed by atoms with van der Waals surface area (Å²) in [5.74, 6) is -1.35. The molecule has 0 aliphatic heterocycles. The van der Waals surface area contributed by atoms with E-state index >= 15 is 0 Å². The van der Waals surface area contributed by atoms with Gasteiger partial charge < -0.3 is 29.8 Å². The summed E-state index contributed by atoms with van der Waals surface area (Å²) < 4.78 is 17.0. The monoisotopic (exact) mass is 452 g/mol. The lowest BCUT2D eigenvalue weighted by Crippen LogP contribution is -2.52. The molecule has 0 spiro atoms. The lowest BCUT2D eigenvalue weighted by molar-refractivity contribution is -0.150. The Morgan fingerprint density at radius 2 is 2.13 bits per heavy atom. The normalized spacial score (nSPS) is 12.7. The first-order valence-corrected chi connectivity index (χ1v) is 9.57. The number of aromatic nitrogens is 3. The third-order valence-corrected chi connectivity index (χ3v) is 4.83. The van der Waals surface area contributed by atoms with Crippen LogP contribution in [0.1, 0.15) is 18.7 Å². The van der Waals surface area contributed by atoms with Gasteiger partial charge in [-0.1, -0.05) is 11.6 Å². The first-order chi connectivity index (χ1) is 14.8.